The maximum absolute atomic E-state index is 11.0. The summed E-state index contributed by atoms with van der Waals surface area (Å²) < 4.78 is 10.2. The summed E-state index contributed by atoms with van der Waals surface area (Å²) in [5.74, 6) is 0.725. The topological polar surface area (TPSA) is 51.3 Å². The largest absolute Gasteiger partial charge is 0.482 e. The maximum atomic E-state index is 11.0. The Bertz CT molecular complexity index is 318. The molecule has 0 aliphatic carbocycles. The fraction of sp³-hybridized carbons (Fsp3) is 0.286. The van der Waals surface area contributed by atoms with E-state index in [4.69, 9.17) is 9.47 Å². The van der Waals surface area contributed by atoms with Crippen molar-refractivity contribution >= 4 is 0 Å². The molecule has 4 heteroatoms. The lowest BCUT2D eigenvalue weighted by molar-refractivity contribution is 0.163. The molecule has 0 amide bonds. The second kappa shape index (κ2) is 2.30. The number of aromatic nitrogens is 1. The number of nitrogens with one attached hydrogen (secondary N) is 1. The summed E-state index contributed by atoms with van der Waals surface area (Å²) in [6, 6.07) is 1.41. The minimum absolute atomic E-state index is 0.140. The van der Waals surface area contributed by atoms with E-state index >= 15 is 0 Å². The number of hydrogen-bond acceptors (Lipinski definition) is 3. The van der Waals surface area contributed by atoms with Gasteiger partial charge in [0.05, 0.1) is 0 Å². The van der Waals surface area contributed by atoms with Crippen molar-refractivity contribution in [2.24, 2.45) is 0 Å². The molecule has 0 unspecified atom stereocenters. The average Bonchev–Trinajstić information content (AvgIpc) is 2.06. The number of ether oxygens (including phenoxy) is 2. The van der Waals surface area contributed by atoms with Crippen molar-refractivity contribution in [3.05, 3.63) is 22.5 Å². The zero-order valence-electron chi connectivity index (χ0n) is 5.79. The lowest BCUT2D eigenvalue weighted by Gasteiger charge is -2.15. The molecule has 0 spiro atoms. The van der Waals surface area contributed by atoms with E-state index in [2.05, 4.69) is 4.98 Å². The van der Waals surface area contributed by atoms with Crippen LogP contribution in [0.5, 0.6) is 11.6 Å². The van der Waals surface area contributed by atoms with Crippen LogP contribution in [0.25, 0.3) is 0 Å². The van der Waals surface area contributed by atoms with Crippen LogP contribution in [0.1, 0.15) is 0 Å². The van der Waals surface area contributed by atoms with E-state index in [0.717, 1.165) is 0 Å². The van der Waals surface area contributed by atoms with Crippen molar-refractivity contribution in [1.29, 1.82) is 0 Å². The third kappa shape index (κ3) is 0.960. The molecule has 1 aliphatic heterocycles. The van der Waals surface area contributed by atoms with E-state index in [-0.39, 0.29) is 5.43 Å². The second-order valence-corrected chi connectivity index (χ2v) is 2.20. The molecule has 4 nitrogen and oxygen atoms in total. The Kier molecular flexibility index (Phi) is 1.31. The van der Waals surface area contributed by atoms with Gasteiger partial charge in [-0.1, -0.05) is 0 Å². The van der Waals surface area contributed by atoms with Crippen LogP contribution in [0.15, 0.2) is 17.1 Å². The molecular formula is C7H7NO3. The Morgan fingerprint density at radius 2 is 2.18 bits per heavy atom. The predicted octanol–water partition coefficient (Wildman–Crippen LogP) is 0.146. The van der Waals surface area contributed by atoms with E-state index in [0.29, 0.717) is 24.8 Å². The number of aromatic amines is 1. The van der Waals surface area contributed by atoms with Gasteiger partial charge in [0.2, 0.25) is 17.1 Å². The molecule has 1 aliphatic rings. The lowest BCUT2D eigenvalue weighted by atomic mass is 10.4. The highest BCUT2D eigenvalue weighted by Gasteiger charge is 2.13. The lowest BCUT2D eigenvalue weighted by Crippen LogP contribution is -2.21. The Hall–Kier alpha value is -1.45. The van der Waals surface area contributed by atoms with Gasteiger partial charge in [0.15, 0.2) is 0 Å². The number of pyridine rings is 1. The van der Waals surface area contributed by atoms with Crippen molar-refractivity contribution in [3.8, 4) is 11.6 Å². The molecule has 0 saturated heterocycles. The first kappa shape index (κ1) is 6.27. The molecule has 0 aromatic carbocycles. The molecule has 1 aromatic rings. The molecule has 2 heterocycles. The normalized spacial score (nSPS) is 14.5. The summed E-state index contributed by atoms with van der Waals surface area (Å²) in [4.78, 5) is 13.8. The Balaban J connectivity index is 2.58. The van der Waals surface area contributed by atoms with Crippen LogP contribution in [0.4, 0.5) is 0 Å². The minimum Gasteiger partial charge on any atom is -0.482 e. The number of H-pyrrole nitrogens is 1. The van der Waals surface area contributed by atoms with Crippen LogP contribution in [-0.4, -0.2) is 18.2 Å². The van der Waals surface area contributed by atoms with Crippen LogP contribution in [-0.2, 0) is 0 Å². The van der Waals surface area contributed by atoms with Crippen LogP contribution in [0.2, 0.25) is 0 Å². The van der Waals surface area contributed by atoms with Gasteiger partial charge in [0.25, 0.3) is 0 Å². The number of fused-ring (bicyclic) bond motifs is 1. The highest BCUT2D eigenvalue weighted by Crippen LogP contribution is 2.21. The van der Waals surface area contributed by atoms with E-state index in [9.17, 15) is 4.79 Å². The van der Waals surface area contributed by atoms with Crippen LogP contribution in [0, 0.1) is 0 Å². The standard InChI is InChI=1S/C7H7NO3/c9-5-1-2-8-7-6(5)10-3-4-11-7/h1-2H,3-4H2,(H,8,9). The van der Waals surface area contributed by atoms with Crippen molar-refractivity contribution in [1.82, 2.24) is 4.98 Å². The molecule has 1 N–H and O–H groups in total. The fourth-order valence-corrected chi connectivity index (χ4v) is 0.978. The van der Waals surface area contributed by atoms with Crippen molar-refractivity contribution in [3.63, 3.8) is 0 Å². The molecule has 58 valence electrons. The van der Waals surface area contributed by atoms with Gasteiger partial charge >= 0.3 is 0 Å². The zero-order chi connectivity index (χ0) is 7.68. The van der Waals surface area contributed by atoms with Crippen molar-refractivity contribution in [2.45, 2.75) is 0 Å². The molecule has 11 heavy (non-hydrogen) atoms. The van der Waals surface area contributed by atoms with Crippen LogP contribution < -0.4 is 14.9 Å². The van der Waals surface area contributed by atoms with Crippen LogP contribution >= 0.6 is 0 Å². The van der Waals surface area contributed by atoms with Gasteiger partial charge in [0.1, 0.15) is 13.2 Å². The Labute approximate surface area is 62.8 Å². The van der Waals surface area contributed by atoms with E-state index in [1.807, 2.05) is 0 Å². The fourth-order valence-electron chi connectivity index (χ4n) is 0.978. The number of hydrogen-bond donors (Lipinski definition) is 1. The van der Waals surface area contributed by atoms with Gasteiger partial charge in [-0.25, -0.2) is 0 Å². The Morgan fingerprint density at radius 1 is 1.36 bits per heavy atom. The quantitative estimate of drug-likeness (QED) is 0.577. The molecule has 1 aromatic heterocycles. The molecular weight excluding hydrogens is 146 g/mol. The van der Waals surface area contributed by atoms with E-state index in [1.165, 1.54) is 12.3 Å². The predicted molar refractivity (Wildman–Crippen MR) is 38.1 cm³/mol. The monoisotopic (exact) mass is 153 g/mol. The van der Waals surface area contributed by atoms with Crippen molar-refractivity contribution in [2.75, 3.05) is 13.2 Å². The first-order valence-electron chi connectivity index (χ1n) is 3.35. The maximum Gasteiger partial charge on any atom is 0.238 e. The summed E-state index contributed by atoms with van der Waals surface area (Å²) >= 11 is 0. The first-order chi connectivity index (χ1) is 5.38. The SMILES string of the molecule is O=c1cc[nH]c2c1OCCO2. The first-order valence-corrected chi connectivity index (χ1v) is 3.35. The van der Waals surface area contributed by atoms with Gasteiger partial charge in [-0.05, 0) is 0 Å². The number of rotatable bonds is 0. The summed E-state index contributed by atoms with van der Waals surface area (Å²) in [6.07, 6.45) is 1.54. The molecule has 0 fully saturated rings. The highest BCUT2D eigenvalue weighted by atomic mass is 16.6. The minimum atomic E-state index is -0.140. The van der Waals surface area contributed by atoms with Gasteiger partial charge < -0.3 is 14.5 Å². The summed E-state index contributed by atoms with van der Waals surface area (Å²) in [6.45, 7) is 0.938. The van der Waals surface area contributed by atoms with Gasteiger partial charge in [0, 0.05) is 12.3 Å². The molecule has 0 bridgehead atoms. The van der Waals surface area contributed by atoms with E-state index in [1.54, 1.807) is 0 Å². The zero-order valence-corrected chi connectivity index (χ0v) is 5.79. The summed E-state index contributed by atoms with van der Waals surface area (Å²) in [5.41, 5.74) is -0.140. The third-order valence-corrected chi connectivity index (χ3v) is 1.46. The molecule has 0 radical (unpaired) electrons. The average molecular weight is 153 g/mol. The second-order valence-electron chi connectivity index (χ2n) is 2.20. The van der Waals surface area contributed by atoms with Gasteiger partial charge in [-0.2, -0.15) is 0 Å². The van der Waals surface area contributed by atoms with Gasteiger partial charge in [-0.15, -0.1) is 0 Å². The van der Waals surface area contributed by atoms with Crippen LogP contribution in [0.3, 0.4) is 0 Å². The summed E-state index contributed by atoms with van der Waals surface area (Å²) in [5, 5.41) is 0. The molecule has 0 saturated carbocycles. The van der Waals surface area contributed by atoms with E-state index < -0.39 is 0 Å². The smallest absolute Gasteiger partial charge is 0.238 e. The highest BCUT2D eigenvalue weighted by molar-refractivity contribution is 5.33. The Morgan fingerprint density at radius 3 is 3.00 bits per heavy atom. The summed E-state index contributed by atoms with van der Waals surface area (Å²) in [7, 11) is 0. The molecule has 2 rings (SSSR count). The van der Waals surface area contributed by atoms with Crippen molar-refractivity contribution < 1.29 is 9.47 Å². The molecule has 0 atom stereocenters. The third-order valence-electron chi connectivity index (χ3n) is 1.46. The van der Waals surface area contributed by atoms with Gasteiger partial charge in [-0.3, -0.25) is 4.79 Å².